The molecule has 1 aromatic heterocycles. The summed E-state index contributed by atoms with van der Waals surface area (Å²) >= 11 is 0. The van der Waals surface area contributed by atoms with Gasteiger partial charge in [0.1, 0.15) is 6.54 Å². The molecule has 1 N–H and O–H groups in total. The largest absolute Gasteiger partial charge is 0.476 e. The Kier molecular flexibility index (Phi) is 4.19. The second-order valence-corrected chi connectivity index (χ2v) is 6.50. The van der Waals surface area contributed by atoms with Crippen molar-refractivity contribution in [3.05, 3.63) is 75.7 Å². The fourth-order valence-corrected chi connectivity index (χ4v) is 3.44. The first-order valence-corrected chi connectivity index (χ1v) is 8.62. The average molecular weight is 363 g/mol. The highest BCUT2D eigenvalue weighted by Gasteiger charge is 2.23. The molecule has 0 spiro atoms. The molecule has 4 rings (SSSR count). The van der Waals surface area contributed by atoms with E-state index < -0.39 is 11.5 Å². The lowest BCUT2D eigenvalue weighted by Gasteiger charge is -2.29. The summed E-state index contributed by atoms with van der Waals surface area (Å²) < 4.78 is 0.953. The molecule has 27 heavy (non-hydrogen) atoms. The zero-order valence-corrected chi connectivity index (χ0v) is 14.5. The molecule has 1 aliphatic heterocycles. The third-order valence-corrected chi connectivity index (χ3v) is 4.84. The molecule has 0 radical (unpaired) electrons. The maximum Gasteiger partial charge on any atom is 0.357 e. The van der Waals surface area contributed by atoms with Crippen LogP contribution >= 0.6 is 0 Å². The number of aromatic carboxylic acids is 1. The van der Waals surface area contributed by atoms with Gasteiger partial charge in [-0.3, -0.25) is 9.59 Å². The lowest BCUT2D eigenvalue weighted by atomic mass is 10.00. The van der Waals surface area contributed by atoms with Crippen molar-refractivity contribution in [1.29, 1.82) is 0 Å². The Hall–Kier alpha value is -3.48. The Balaban J connectivity index is 1.66. The van der Waals surface area contributed by atoms with Crippen molar-refractivity contribution in [2.75, 3.05) is 6.54 Å². The van der Waals surface area contributed by atoms with Crippen molar-refractivity contribution in [2.45, 2.75) is 19.5 Å². The van der Waals surface area contributed by atoms with Crippen molar-refractivity contribution in [3.63, 3.8) is 0 Å². The summed E-state index contributed by atoms with van der Waals surface area (Å²) in [5.41, 5.74) is 1.60. The van der Waals surface area contributed by atoms with Gasteiger partial charge in [-0.05, 0) is 23.6 Å². The van der Waals surface area contributed by atoms with E-state index in [0.717, 1.165) is 16.7 Å². The standard InChI is InChI=1S/C20H17N3O4/c24-17(22-10-9-13-5-1-2-6-14(13)11-22)12-23-19(25)16-8-4-3-7-15(16)18(21-23)20(26)27/h1-8H,9-12H2,(H,26,27). The predicted molar refractivity (Wildman–Crippen MR) is 98.5 cm³/mol. The van der Waals surface area contributed by atoms with Crippen LogP contribution in [0.1, 0.15) is 21.6 Å². The lowest BCUT2D eigenvalue weighted by molar-refractivity contribution is -0.133. The molecule has 1 amide bonds. The van der Waals surface area contributed by atoms with Crippen LogP contribution in [0.5, 0.6) is 0 Å². The third-order valence-electron chi connectivity index (χ3n) is 4.84. The molecule has 0 saturated carbocycles. The summed E-state index contributed by atoms with van der Waals surface area (Å²) in [6.07, 6.45) is 0.752. The molecule has 7 heteroatoms. The molecular formula is C20H17N3O4. The summed E-state index contributed by atoms with van der Waals surface area (Å²) in [6, 6.07) is 14.3. The number of carbonyl (C=O) groups is 2. The number of carbonyl (C=O) groups excluding carboxylic acids is 1. The minimum absolute atomic E-state index is 0.234. The number of carboxylic acid groups (broad SMARTS) is 1. The summed E-state index contributed by atoms with van der Waals surface area (Å²) in [7, 11) is 0. The fourth-order valence-electron chi connectivity index (χ4n) is 3.44. The molecule has 136 valence electrons. The van der Waals surface area contributed by atoms with Gasteiger partial charge >= 0.3 is 5.97 Å². The summed E-state index contributed by atoms with van der Waals surface area (Å²) in [5.74, 6) is -1.50. The molecule has 0 unspecified atom stereocenters. The van der Waals surface area contributed by atoms with Crippen LogP contribution in [0.2, 0.25) is 0 Å². The van der Waals surface area contributed by atoms with Crippen molar-refractivity contribution in [2.24, 2.45) is 0 Å². The van der Waals surface area contributed by atoms with Gasteiger partial charge in [0.25, 0.3) is 5.56 Å². The van der Waals surface area contributed by atoms with Crippen molar-refractivity contribution in [3.8, 4) is 0 Å². The van der Waals surface area contributed by atoms with Crippen LogP contribution in [0.4, 0.5) is 0 Å². The third kappa shape index (κ3) is 3.08. The molecule has 2 heterocycles. The highest BCUT2D eigenvalue weighted by Crippen LogP contribution is 2.19. The van der Waals surface area contributed by atoms with Gasteiger partial charge in [-0.25, -0.2) is 9.48 Å². The van der Waals surface area contributed by atoms with Crippen molar-refractivity contribution < 1.29 is 14.7 Å². The molecule has 2 aromatic carbocycles. The van der Waals surface area contributed by atoms with Gasteiger partial charge in [-0.1, -0.05) is 42.5 Å². The minimum Gasteiger partial charge on any atom is -0.476 e. The van der Waals surface area contributed by atoms with Gasteiger partial charge in [-0.2, -0.15) is 5.10 Å². The van der Waals surface area contributed by atoms with Crippen LogP contribution in [0.25, 0.3) is 10.8 Å². The van der Waals surface area contributed by atoms with Crippen LogP contribution in [0, 0.1) is 0 Å². The molecule has 0 saturated heterocycles. The molecule has 0 atom stereocenters. The number of aromatic nitrogens is 2. The number of rotatable bonds is 3. The number of carboxylic acids is 1. The Morgan fingerprint density at radius 1 is 1.00 bits per heavy atom. The summed E-state index contributed by atoms with van der Waals surface area (Å²) in [6.45, 7) is 0.749. The van der Waals surface area contributed by atoms with E-state index in [-0.39, 0.29) is 28.9 Å². The Morgan fingerprint density at radius 2 is 1.67 bits per heavy atom. The average Bonchev–Trinajstić information content (AvgIpc) is 2.69. The first-order valence-electron chi connectivity index (χ1n) is 8.62. The van der Waals surface area contributed by atoms with Gasteiger partial charge < -0.3 is 10.0 Å². The maximum atomic E-state index is 12.7. The first kappa shape index (κ1) is 17.0. The van der Waals surface area contributed by atoms with Gasteiger partial charge in [0, 0.05) is 18.5 Å². The number of hydrogen-bond donors (Lipinski definition) is 1. The number of nitrogens with zero attached hydrogens (tertiary/aromatic N) is 3. The van der Waals surface area contributed by atoms with Gasteiger partial charge in [-0.15, -0.1) is 0 Å². The quantitative estimate of drug-likeness (QED) is 0.764. The van der Waals surface area contributed by atoms with E-state index in [1.807, 2.05) is 24.3 Å². The Labute approximate surface area is 154 Å². The molecule has 7 nitrogen and oxygen atoms in total. The topological polar surface area (TPSA) is 92.5 Å². The van der Waals surface area contributed by atoms with Crippen molar-refractivity contribution in [1.82, 2.24) is 14.7 Å². The molecule has 1 aliphatic rings. The number of fused-ring (bicyclic) bond motifs is 2. The van der Waals surface area contributed by atoms with Gasteiger partial charge in [0.2, 0.25) is 5.91 Å². The minimum atomic E-state index is -1.24. The highest BCUT2D eigenvalue weighted by molar-refractivity contribution is 6.01. The Morgan fingerprint density at radius 3 is 2.41 bits per heavy atom. The van der Waals surface area contributed by atoms with E-state index in [9.17, 15) is 19.5 Å². The highest BCUT2D eigenvalue weighted by atomic mass is 16.4. The van der Waals surface area contributed by atoms with E-state index in [4.69, 9.17) is 0 Å². The molecule has 3 aromatic rings. The van der Waals surface area contributed by atoms with E-state index in [1.54, 1.807) is 29.2 Å². The summed E-state index contributed by atoms with van der Waals surface area (Å²) in [4.78, 5) is 38.6. The number of amides is 1. The Bertz CT molecular complexity index is 1120. The fraction of sp³-hybridized carbons (Fsp3) is 0.200. The van der Waals surface area contributed by atoms with E-state index >= 15 is 0 Å². The lowest BCUT2D eigenvalue weighted by Crippen LogP contribution is -2.40. The maximum absolute atomic E-state index is 12.7. The number of hydrogen-bond acceptors (Lipinski definition) is 4. The van der Waals surface area contributed by atoms with Crippen LogP contribution in [0.3, 0.4) is 0 Å². The van der Waals surface area contributed by atoms with Gasteiger partial charge in [0.15, 0.2) is 5.69 Å². The molecule has 0 bridgehead atoms. The first-order chi connectivity index (χ1) is 13.0. The van der Waals surface area contributed by atoms with Crippen LogP contribution in [-0.4, -0.2) is 38.2 Å². The van der Waals surface area contributed by atoms with Crippen molar-refractivity contribution >= 4 is 22.6 Å². The monoisotopic (exact) mass is 363 g/mol. The normalized spacial score (nSPS) is 13.4. The van der Waals surface area contributed by atoms with Crippen LogP contribution in [0.15, 0.2) is 53.3 Å². The van der Waals surface area contributed by atoms with E-state index in [0.29, 0.717) is 13.1 Å². The molecule has 0 fully saturated rings. The number of benzene rings is 2. The zero-order valence-electron chi connectivity index (χ0n) is 14.5. The van der Waals surface area contributed by atoms with E-state index in [2.05, 4.69) is 5.10 Å². The van der Waals surface area contributed by atoms with Gasteiger partial charge in [0.05, 0.1) is 5.39 Å². The predicted octanol–water partition coefficient (Wildman–Crippen LogP) is 1.68. The SMILES string of the molecule is O=C(O)c1nn(CC(=O)N2CCc3ccccc3C2)c(=O)c2ccccc12. The molecular weight excluding hydrogens is 346 g/mol. The summed E-state index contributed by atoms with van der Waals surface area (Å²) in [5, 5.41) is 13.9. The van der Waals surface area contributed by atoms with E-state index in [1.165, 1.54) is 5.56 Å². The smallest absolute Gasteiger partial charge is 0.357 e. The second-order valence-electron chi connectivity index (χ2n) is 6.50. The second kappa shape index (κ2) is 6.68. The molecule has 0 aliphatic carbocycles. The van der Waals surface area contributed by atoms with Crippen LogP contribution in [-0.2, 0) is 24.3 Å². The zero-order chi connectivity index (χ0) is 19.0. The van der Waals surface area contributed by atoms with Crippen LogP contribution < -0.4 is 5.56 Å².